The van der Waals surface area contributed by atoms with Gasteiger partial charge in [0.05, 0.1) is 18.1 Å². The number of nitrogens with one attached hydrogen (secondary N) is 1. The number of nitrogens with two attached hydrogens (primary N) is 1. The molecule has 128 valence electrons. The van der Waals surface area contributed by atoms with Gasteiger partial charge in [-0.2, -0.15) is 0 Å². The summed E-state index contributed by atoms with van der Waals surface area (Å²) in [6, 6.07) is 0. The van der Waals surface area contributed by atoms with Crippen molar-refractivity contribution in [3.05, 3.63) is 12.2 Å². The number of ether oxygens (including phenoxy) is 1. The van der Waals surface area contributed by atoms with Crippen molar-refractivity contribution < 1.29 is 23.9 Å². The minimum absolute atomic E-state index is 0.0264. The molecule has 1 atom stereocenters. The highest BCUT2D eigenvalue weighted by Gasteiger charge is 2.26. The molecule has 0 aliphatic carbocycles. The molecule has 0 saturated heterocycles. The Kier molecular flexibility index (Phi) is 6.44. The first kappa shape index (κ1) is 18.8. The fourth-order valence-corrected chi connectivity index (χ4v) is 1.69. The van der Waals surface area contributed by atoms with Crippen LogP contribution in [-0.2, 0) is 23.9 Å². The van der Waals surface area contributed by atoms with Crippen molar-refractivity contribution in [2.45, 2.75) is 33.3 Å². The number of imide groups is 1. The van der Waals surface area contributed by atoms with E-state index in [1.807, 2.05) is 0 Å². The molecule has 8 nitrogen and oxygen atoms in total. The molecule has 0 aromatic carbocycles. The maximum absolute atomic E-state index is 11.7. The van der Waals surface area contributed by atoms with Crippen LogP contribution in [0.5, 0.6) is 0 Å². The monoisotopic (exact) mass is 325 g/mol. The lowest BCUT2D eigenvalue weighted by Crippen LogP contribution is -2.40. The van der Waals surface area contributed by atoms with Crippen molar-refractivity contribution in [2.24, 2.45) is 11.1 Å². The second kappa shape index (κ2) is 7.87. The van der Waals surface area contributed by atoms with Crippen LogP contribution in [0.25, 0.3) is 0 Å². The zero-order valence-electron chi connectivity index (χ0n) is 13.6. The van der Waals surface area contributed by atoms with Crippen LogP contribution in [0.2, 0.25) is 0 Å². The molecule has 1 heterocycles. The summed E-state index contributed by atoms with van der Waals surface area (Å²) in [6.07, 6.45) is 2.08. The van der Waals surface area contributed by atoms with Crippen molar-refractivity contribution in [3.63, 3.8) is 0 Å². The summed E-state index contributed by atoms with van der Waals surface area (Å²) in [4.78, 5) is 46.5. The van der Waals surface area contributed by atoms with E-state index in [0.717, 1.165) is 4.90 Å². The zero-order valence-corrected chi connectivity index (χ0v) is 13.6. The van der Waals surface area contributed by atoms with Gasteiger partial charge in [0.2, 0.25) is 11.8 Å². The second-order valence-electron chi connectivity index (χ2n) is 6.09. The van der Waals surface area contributed by atoms with Crippen molar-refractivity contribution >= 4 is 23.6 Å². The van der Waals surface area contributed by atoms with E-state index in [1.165, 1.54) is 12.2 Å². The molecule has 23 heavy (non-hydrogen) atoms. The van der Waals surface area contributed by atoms with Crippen LogP contribution in [0.15, 0.2) is 12.2 Å². The van der Waals surface area contributed by atoms with Crippen molar-refractivity contribution in [1.82, 2.24) is 10.2 Å². The average Bonchev–Trinajstić information content (AvgIpc) is 2.79. The number of hydrogen-bond acceptors (Lipinski definition) is 5. The van der Waals surface area contributed by atoms with E-state index in [4.69, 9.17) is 10.5 Å². The van der Waals surface area contributed by atoms with Crippen LogP contribution in [0.3, 0.4) is 0 Å². The number of nitrogens with zero attached hydrogens (tertiary/aromatic N) is 1. The number of primary amides is 1. The Morgan fingerprint density at radius 3 is 2.39 bits per heavy atom. The largest absolute Gasteiger partial charge is 0.376 e. The molecule has 1 rings (SSSR count). The quantitative estimate of drug-likeness (QED) is 0.545. The van der Waals surface area contributed by atoms with Gasteiger partial charge in [-0.1, -0.05) is 0 Å². The Bertz CT molecular complexity index is 509. The van der Waals surface area contributed by atoms with Gasteiger partial charge in [0.25, 0.3) is 11.8 Å². The summed E-state index contributed by atoms with van der Waals surface area (Å²) >= 11 is 0. The molecule has 3 N–H and O–H groups in total. The van der Waals surface area contributed by atoms with Crippen LogP contribution >= 0.6 is 0 Å². The van der Waals surface area contributed by atoms with Crippen LogP contribution in [0, 0.1) is 5.41 Å². The maximum atomic E-state index is 11.7. The van der Waals surface area contributed by atoms with Gasteiger partial charge < -0.3 is 15.8 Å². The van der Waals surface area contributed by atoms with E-state index in [2.05, 4.69) is 5.32 Å². The highest BCUT2D eigenvalue weighted by molar-refractivity contribution is 6.13. The molecule has 4 amide bonds. The number of hydrogen-bond donors (Lipinski definition) is 2. The predicted molar refractivity (Wildman–Crippen MR) is 81.9 cm³/mol. The van der Waals surface area contributed by atoms with Crippen LogP contribution in [0.1, 0.15) is 27.2 Å². The standard InChI is InChI=1S/C15H23N3O5/c1-10(23-9-15(2,3)14(16)22)8-17-11(19)6-7-18-12(20)4-5-13(18)21/h4-5,10H,6-9H2,1-3H3,(H2,16,22)(H,17,19). The van der Waals surface area contributed by atoms with Crippen molar-refractivity contribution in [3.8, 4) is 0 Å². The lowest BCUT2D eigenvalue weighted by molar-refractivity contribution is -0.137. The van der Waals surface area contributed by atoms with E-state index in [9.17, 15) is 19.2 Å². The summed E-state index contributed by atoms with van der Waals surface area (Å²) in [5.74, 6) is -1.56. The van der Waals surface area contributed by atoms with Gasteiger partial charge in [0.15, 0.2) is 0 Å². The first-order valence-electron chi connectivity index (χ1n) is 7.35. The minimum atomic E-state index is -0.776. The summed E-state index contributed by atoms with van der Waals surface area (Å²) in [5.41, 5.74) is 4.47. The summed E-state index contributed by atoms with van der Waals surface area (Å²) in [7, 11) is 0. The third-order valence-electron chi connectivity index (χ3n) is 3.45. The van der Waals surface area contributed by atoms with Crippen molar-refractivity contribution in [2.75, 3.05) is 19.7 Å². The molecule has 1 aliphatic heterocycles. The van der Waals surface area contributed by atoms with E-state index < -0.39 is 23.1 Å². The normalized spacial score (nSPS) is 15.9. The Hall–Kier alpha value is -2.22. The molecule has 0 spiro atoms. The Morgan fingerprint density at radius 2 is 1.87 bits per heavy atom. The highest BCUT2D eigenvalue weighted by atomic mass is 16.5. The van der Waals surface area contributed by atoms with Gasteiger partial charge in [-0.25, -0.2) is 0 Å². The maximum Gasteiger partial charge on any atom is 0.253 e. The van der Waals surface area contributed by atoms with Crippen LogP contribution in [-0.4, -0.2) is 54.3 Å². The molecule has 0 radical (unpaired) electrons. The van der Waals surface area contributed by atoms with Crippen molar-refractivity contribution in [1.29, 1.82) is 0 Å². The lowest BCUT2D eigenvalue weighted by atomic mass is 9.94. The lowest BCUT2D eigenvalue weighted by Gasteiger charge is -2.23. The Morgan fingerprint density at radius 1 is 1.30 bits per heavy atom. The summed E-state index contributed by atoms with van der Waals surface area (Å²) in [5, 5.41) is 2.65. The topological polar surface area (TPSA) is 119 Å². The molecule has 8 heteroatoms. The number of rotatable bonds is 9. The Balaban J connectivity index is 2.24. The highest BCUT2D eigenvalue weighted by Crippen LogP contribution is 2.15. The van der Waals surface area contributed by atoms with Crippen LogP contribution in [0.4, 0.5) is 0 Å². The van der Waals surface area contributed by atoms with Gasteiger partial charge >= 0.3 is 0 Å². The van der Waals surface area contributed by atoms with Gasteiger partial charge in [-0.3, -0.25) is 24.1 Å². The minimum Gasteiger partial charge on any atom is -0.376 e. The fourth-order valence-electron chi connectivity index (χ4n) is 1.69. The molecule has 1 unspecified atom stereocenters. The summed E-state index contributed by atoms with van der Waals surface area (Å²) in [6.45, 7) is 5.57. The number of carbonyl (C=O) groups is 4. The molecule has 0 aromatic rings. The zero-order chi connectivity index (χ0) is 17.6. The molecular formula is C15H23N3O5. The van der Waals surface area contributed by atoms with E-state index in [-0.39, 0.29) is 38.1 Å². The van der Waals surface area contributed by atoms with E-state index >= 15 is 0 Å². The molecule has 0 saturated carbocycles. The molecular weight excluding hydrogens is 302 g/mol. The van der Waals surface area contributed by atoms with Gasteiger partial charge in [-0.05, 0) is 20.8 Å². The fraction of sp³-hybridized carbons (Fsp3) is 0.600. The smallest absolute Gasteiger partial charge is 0.253 e. The first-order chi connectivity index (χ1) is 10.6. The molecule has 0 bridgehead atoms. The molecule has 0 aromatic heterocycles. The average molecular weight is 325 g/mol. The predicted octanol–water partition coefficient (Wildman–Crippen LogP) is -0.666. The molecule has 0 fully saturated rings. The molecule has 1 aliphatic rings. The third-order valence-corrected chi connectivity index (χ3v) is 3.45. The van der Waals surface area contributed by atoms with Gasteiger partial charge in [0.1, 0.15) is 0 Å². The van der Waals surface area contributed by atoms with Gasteiger partial charge in [-0.15, -0.1) is 0 Å². The first-order valence-corrected chi connectivity index (χ1v) is 7.35. The second-order valence-corrected chi connectivity index (χ2v) is 6.09. The van der Waals surface area contributed by atoms with Crippen LogP contribution < -0.4 is 11.1 Å². The van der Waals surface area contributed by atoms with E-state index in [0.29, 0.717) is 0 Å². The summed E-state index contributed by atoms with van der Waals surface area (Å²) < 4.78 is 5.49. The third kappa shape index (κ3) is 5.82. The number of carbonyl (C=O) groups excluding carboxylic acids is 4. The SMILES string of the molecule is CC(CNC(=O)CCN1C(=O)C=CC1=O)OCC(C)(C)C(N)=O. The van der Waals surface area contributed by atoms with E-state index in [1.54, 1.807) is 20.8 Å². The number of amides is 4. The Labute approximate surface area is 135 Å². The van der Waals surface area contributed by atoms with Gasteiger partial charge in [0, 0.05) is 31.7 Å².